The quantitative estimate of drug-likeness (QED) is 0.218. The average molecular weight is 579 g/mol. The summed E-state index contributed by atoms with van der Waals surface area (Å²) in [6.07, 6.45) is 1.53. The maximum absolute atomic E-state index is 12.6. The van der Waals surface area contributed by atoms with Gasteiger partial charge in [0, 0.05) is 23.7 Å². The van der Waals surface area contributed by atoms with Crippen LogP contribution in [0.5, 0.6) is 17.2 Å². The molecular formula is C27H22IN3O4. The van der Waals surface area contributed by atoms with Gasteiger partial charge >= 0.3 is 0 Å². The van der Waals surface area contributed by atoms with Gasteiger partial charge in [-0.15, -0.1) is 0 Å². The summed E-state index contributed by atoms with van der Waals surface area (Å²) < 4.78 is 17.2. The number of carbonyl (C=O) groups excluding carboxylic acids is 1. The molecule has 3 aromatic carbocycles. The largest absolute Gasteiger partial charge is 0.497 e. The first kappa shape index (κ1) is 25.6. The molecule has 0 aliphatic carbocycles. The van der Waals surface area contributed by atoms with Crippen molar-refractivity contribution in [2.75, 3.05) is 14.2 Å². The predicted octanol–water partition coefficient (Wildman–Crippen LogP) is 4.98. The van der Waals surface area contributed by atoms with E-state index in [1.54, 1.807) is 43.5 Å². The summed E-state index contributed by atoms with van der Waals surface area (Å²) in [4.78, 5) is 12.6. The summed E-state index contributed by atoms with van der Waals surface area (Å²) >= 11 is 2.13. The fraction of sp³-hybridized carbons (Fsp3) is 0.148. The molecule has 3 rings (SSSR count). The predicted molar refractivity (Wildman–Crippen MR) is 140 cm³/mol. The topological polar surface area (TPSA) is 104 Å². The van der Waals surface area contributed by atoms with E-state index in [-0.39, 0.29) is 18.7 Å². The smallest absolute Gasteiger partial charge is 0.262 e. The van der Waals surface area contributed by atoms with Crippen LogP contribution in [0, 0.1) is 26.2 Å². The molecule has 35 heavy (non-hydrogen) atoms. The van der Waals surface area contributed by atoms with E-state index in [2.05, 4.69) is 34.0 Å². The fourth-order valence-corrected chi connectivity index (χ4v) is 3.91. The number of amides is 1. The molecule has 0 atom stereocenters. The molecule has 0 spiro atoms. The van der Waals surface area contributed by atoms with E-state index >= 15 is 0 Å². The van der Waals surface area contributed by atoms with E-state index < -0.39 is 5.91 Å². The lowest BCUT2D eigenvalue weighted by atomic mass is 10.1. The monoisotopic (exact) mass is 579 g/mol. The van der Waals surface area contributed by atoms with Crippen LogP contribution < -0.4 is 19.5 Å². The van der Waals surface area contributed by atoms with Gasteiger partial charge in [0.15, 0.2) is 0 Å². The molecule has 0 radical (unpaired) electrons. The zero-order valence-corrected chi connectivity index (χ0v) is 21.3. The highest BCUT2D eigenvalue weighted by molar-refractivity contribution is 14.1. The number of nitrogens with one attached hydrogen (secondary N) is 1. The highest BCUT2D eigenvalue weighted by atomic mass is 127. The molecule has 7 nitrogen and oxygen atoms in total. The lowest BCUT2D eigenvalue weighted by Crippen LogP contribution is -2.24. The van der Waals surface area contributed by atoms with Gasteiger partial charge < -0.3 is 19.5 Å². The summed E-state index contributed by atoms with van der Waals surface area (Å²) in [6, 6.07) is 22.0. The Balaban J connectivity index is 1.68. The Labute approximate surface area is 217 Å². The maximum atomic E-state index is 12.6. The van der Waals surface area contributed by atoms with Crippen molar-refractivity contribution in [2.24, 2.45) is 0 Å². The summed E-state index contributed by atoms with van der Waals surface area (Å²) in [5, 5.41) is 21.5. The van der Waals surface area contributed by atoms with Crippen LogP contribution in [-0.2, 0) is 17.9 Å². The van der Waals surface area contributed by atoms with E-state index in [0.29, 0.717) is 28.4 Å². The minimum atomic E-state index is -0.492. The van der Waals surface area contributed by atoms with Gasteiger partial charge in [-0.05, 0) is 64.6 Å². The first-order chi connectivity index (χ1) is 17.0. The summed E-state index contributed by atoms with van der Waals surface area (Å²) in [6.45, 7) is 0.453. The highest BCUT2D eigenvalue weighted by Crippen LogP contribution is 2.26. The number of halogens is 1. The van der Waals surface area contributed by atoms with Crippen LogP contribution in [-0.4, -0.2) is 20.1 Å². The normalized spacial score (nSPS) is 10.6. The van der Waals surface area contributed by atoms with Crippen LogP contribution in [0.15, 0.2) is 66.2 Å². The fourth-order valence-electron chi connectivity index (χ4n) is 3.22. The summed E-state index contributed by atoms with van der Waals surface area (Å²) in [7, 11) is 3.10. The molecule has 0 saturated carbocycles. The standard InChI is InChI=1S/C27H22IN3O4/c1-33-23-9-8-20(26(13-23)34-2)16-31-27(32)22(15-30)11-18-7-10-25(24(28)12-18)35-17-21-6-4-3-5-19(21)14-29/h3-13H,16-17H2,1-2H3,(H,31,32)/b22-11+. The molecule has 0 heterocycles. The Bertz CT molecular complexity index is 1340. The van der Waals surface area contributed by atoms with Crippen molar-refractivity contribution in [2.45, 2.75) is 13.2 Å². The summed E-state index contributed by atoms with van der Waals surface area (Å²) in [5.74, 6) is 1.37. The van der Waals surface area contributed by atoms with E-state index in [4.69, 9.17) is 14.2 Å². The third-order valence-electron chi connectivity index (χ3n) is 5.09. The number of benzene rings is 3. The zero-order chi connectivity index (χ0) is 25.2. The summed E-state index contributed by atoms with van der Waals surface area (Å²) in [5.41, 5.74) is 2.79. The van der Waals surface area contributed by atoms with Gasteiger partial charge in [0.1, 0.15) is 35.5 Å². The molecule has 0 aromatic heterocycles. The molecule has 8 heteroatoms. The lowest BCUT2D eigenvalue weighted by Gasteiger charge is -2.11. The molecule has 0 unspecified atom stereocenters. The Hall–Kier alpha value is -4.02. The number of hydrogen-bond donors (Lipinski definition) is 1. The first-order valence-corrected chi connectivity index (χ1v) is 11.6. The SMILES string of the molecule is COc1ccc(CNC(=O)/C(C#N)=C/c2ccc(OCc3ccccc3C#N)c(I)c2)c(OC)c1. The van der Waals surface area contributed by atoms with Crippen molar-refractivity contribution in [3.63, 3.8) is 0 Å². The van der Waals surface area contributed by atoms with Crippen molar-refractivity contribution in [3.05, 3.63) is 92.1 Å². The van der Waals surface area contributed by atoms with Crippen LogP contribution in [0.3, 0.4) is 0 Å². The van der Waals surface area contributed by atoms with Crippen LogP contribution in [0.1, 0.15) is 22.3 Å². The number of methoxy groups -OCH3 is 2. The van der Waals surface area contributed by atoms with Gasteiger partial charge in [-0.3, -0.25) is 4.79 Å². The van der Waals surface area contributed by atoms with Crippen molar-refractivity contribution in [1.82, 2.24) is 5.32 Å². The lowest BCUT2D eigenvalue weighted by molar-refractivity contribution is -0.117. The van der Waals surface area contributed by atoms with Gasteiger partial charge in [-0.2, -0.15) is 10.5 Å². The first-order valence-electron chi connectivity index (χ1n) is 10.5. The second kappa shape index (κ2) is 12.4. The van der Waals surface area contributed by atoms with Gasteiger partial charge in [0.2, 0.25) is 0 Å². The molecule has 0 fully saturated rings. The molecule has 176 valence electrons. The number of ether oxygens (including phenoxy) is 3. The second-order valence-corrected chi connectivity index (χ2v) is 8.44. The molecule has 3 aromatic rings. The second-order valence-electron chi connectivity index (χ2n) is 7.28. The zero-order valence-electron chi connectivity index (χ0n) is 19.2. The van der Waals surface area contributed by atoms with Gasteiger partial charge in [-0.25, -0.2) is 0 Å². The number of carbonyl (C=O) groups is 1. The molecule has 0 aliphatic rings. The van der Waals surface area contributed by atoms with Crippen LogP contribution >= 0.6 is 22.6 Å². The molecular weight excluding hydrogens is 557 g/mol. The Morgan fingerprint density at radius 2 is 1.80 bits per heavy atom. The van der Waals surface area contributed by atoms with Crippen molar-refractivity contribution < 1.29 is 19.0 Å². The van der Waals surface area contributed by atoms with Crippen LogP contribution in [0.4, 0.5) is 0 Å². The molecule has 1 N–H and O–H groups in total. The Morgan fingerprint density at radius 3 is 2.49 bits per heavy atom. The van der Waals surface area contributed by atoms with Crippen molar-refractivity contribution >= 4 is 34.6 Å². The molecule has 1 amide bonds. The van der Waals surface area contributed by atoms with E-state index in [1.165, 1.54) is 13.2 Å². The number of nitrogens with zero attached hydrogens (tertiary/aromatic N) is 2. The number of rotatable bonds is 9. The van der Waals surface area contributed by atoms with Crippen molar-refractivity contribution in [3.8, 4) is 29.4 Å². The Kier molecular flexibility index (Phi) is 9.10. The Morgan fingerprint density at radius 1 is 1.00 bits per heavy atom. The average Bonchev–Trinajstić information content (AvgIpc) is 2.89. The van der Waals surface area contributed by atoms with E-state index in [9.17, 15) is 15.3 Å². The third-order valence-corrected chi connectivity index (χ3v) is 5.93. The maximum Gasteiger partial charge on any atom is 0.262 e. The van der Waals surface area contributed by atoms with E-state index in [0.717, 1.165) is 14.7 Å². The minimum Gasteiger partial charge on any atom is -0.497 e. The minimum absolute atomic E-state index is 0.0232. The highest BCUT2D eigenvalue weighted by Gasteiger charge is 2.12. The van der Waals surface area contributed by atoms with Gasteiger partial charge in [0.05, 0.1) is 29.4 Å². The molecule has 0 aliphatic heterocycles. The van der Waals surface area contributed by atoms with E-state index in [1.807, 2.05) is 30.3 Å². The number of hydrogen-bond acceptors (Lipinski definition) is 6. The van der Waals surface area contributed by atoms with Gasteiger partial charge in [0.25, 0.3) is 5.91 Å². The van der Waals surface area contributed by atoms with Gasteiger partial charge in [-0.1, -0.05) is 24.3 Å². The number of nitriles is 2. The molecule has 0 saturated heterocycles. The molecule has 0 bridgehead atoms. The van der Waals surface area contributed by atoms with Crippen LogP contribution in [0.2, 0.25) is 0 Å². The third kappa shape index (κ3) is 6.75. The van der Waals surface area contributed by atoms with Crippen LogP contribution in [0.25, 0.3) is 6.08 Å². The van der Waals surface area contributed by atoms with Crippen molar-refractivity contribution in [1.29, 1.82) is 10.5 Å².